The van der Waals surface area contributed by atoms with Gasteiger partial charge in [-0.1, -0.05) is 22.9 Å². The smallest absolute Gasteiger partial charge is 0.488 e. The summed E-state index contributed by atoms with van der Waals surface area (Å²) in [5, 5.41) is 2.49. The van der Waals surface area contributed by atoms with Gasteiger partial charge in [0.25, 0.3) is 0 Å². The Morgan fingerprint density at radius 3 is 1.35 bits per heavy atom. The van der Waals surface area contributed by atoms with Gasteiger partial charge in [0.05, 0.1) is 90.8 Å². The van der Waals surface area contributed by atoms with Crippen LogP contribution in [0.3, 0.4) is 0 Å². The monoisotopic (exact) mass is 1470 g/mol. The SMILES string of the molecule is CC(=O)c1cn(C2CC2)c2cc(N3CCNCC3)c(F)cc2c1=O.CCOP(=O)(OCC)C(CC(=O)CBr)P(=O)(OCC)OCC.CCOP(=O)(OCC)C(CC)CC(=O)COC(=O)N1CCN(c2cc3c(cc2F)c(=O)c(C(C)=O)cn3C2CC2)CC1.CCO[P+](=O)[O-]. The maximum atomic E-state index is 15.3. The summed E-state index contributed by atoms with van der Waals surface area (Å²) in [7, 11) is -13.7. The van der Waals surface area contributed by atoms with Crippen LogP contribution in [0, 0.1) is 11.6 Å². The number of alkyl halides is 1. The van der Waals surface area contributed by atoms with Crippen molar-refractivity contribution in [1.29, 1.82) is 0 Å². The molecule has 0 spiro atoms. The maximum Gasteiger partial charge on any atom is 0.488 e. The van der Waals surface area contributed by atoms with Crippen molar-refractivity contribution < 1.29 is 92.3 Å². The summed E-state index contributed by atoms with van der Waals surface area (Å²) in [6, 6.07) is 6.39. The van der Waals surface area contributed by atoms with Gasteiger partial charge in [0.1, 0.15) is 17.4 Å². The number of benzene rings is 2. The van der Waals surface area contributed by atoms with E-state index in [0.29, 0.717) is 47.8 Å². The predicted molar refractivity (Wildman–Crippen MR) is 356 cm³/mol. The quantitative estimate of drug-likeness (QED) is 0.0278. The van der Waals surface area contributed by atoms with Crippen molar-refractivity contribution in [2.24, 2.45) is 0 Å². The Labute approximate surface area is 556 Å². The van der Waals surface area contributed by atoms with Gasteiger partial charge in [-0.15, -0.1) is 4.52 Å². The minimum absolute atomic E-state index is 0.0417. The minimum atomic E-state index is -3.83. The summed E-state index contributed by atoms with van der Waals surface area (Å²) in [6.45, 7) is 20.8. The summed E-state index contributed by atoms with van der Waals surface area (Å²) < 4.78 is 123. The van der Waals surface area contributed by atoms with Gasteiger partial charge in [-0.25, -0.2) is 13.6 Å². The van der Waals surface area contributed by atoms with E-state index < -0.39 is 71.9 Å². The van der Waals surface area contributed by atoms with Crippen molar-refractivity contribution in [3.63, 3.8) is 0 Å². The molecular weight excluding hydrogens is 1380 g/mol. The van der Waals surface area contributed by atoms with Gasteiger partial charge in [0.15, 0.2) is 40.2 Å². The summed E-state index contributed by atoms with van der Waals surface area (Å²) >= 11 is 3.04. The Balaban J connectivity index is 0.000000261. The van der Waals surface area contributed by atoms with E-state index in [-0.39, 0.29) is 129 Å². The van der Waals surface area contributed by atoms with Crippen molar-refractivity contribution in [2.75, 3.05) is 120 Å². The second kappa shape index (κ2) is 37.8. The molecule has 2 aliphatic heterocycles. The summed E-state index contributed by atoms with van der Waals surface area (Å²) in [6.07, 6.45) is 6.49. The van der Waals surface area contributed by atoms with Crippen molar-refractivity contribution in [2.45, 2.75) is 137 Å². The Kier molecular flexibility index (Phi) is 32.1. The van der Waals surface area contributed by atoms with E-state index in [9.17, 15) is 61.1 Å². The third-order valence-corrected chi connectivity index (χ3v) is 25.1. The van der Waals surface area contributed by atoms with Crippen LogP contribution in [0.15, 0.2) is 46.2 Å². The molecule has 8 rings (SSSR count). The van der Waals surface area contributed by atoms with Crippen LogP contribution < -0.4 is 30.9 Å². The highest BCUT2D eigenvalue weighted by Gasteiger charge is 2.51. The number of hydrogen-bond donors (Lipinski definition) is 1. The molecule has 0 radical (unpaired) electrons. The van der Waals surface area contributed by atoms with Gasteiger partial charge < -0.3 is 65.9 Å². The lowest BCUT2D eigenvalue weighted by atomic mass is 10.1. The number of hydrogen-bond acceptors (Lipinski definition) is 23. The number of ether oxygens (including phenoxy) is 1. The first kappa shape index (κ1) is 79.9. The molecule has 26 nitrogen and oxygen atoms in total. The van der Waals surface area contributed by atoms with E-state index in [1.807, 2.05) is 14.0 Å². The number of aromatic nitrogens is 2. The highest BCUT2D eigenvalue weighted by molar-refractivity contribution is 9.09. The van der Waals surface area contributed by atoms with E-state index in [4.69, 9.17) is 31.9 Å². The van der Waals surface area contributed by atoms with E-state index in [2.05, 4.69) is 25.8 Å². The highest BCUT2D eigenvalue weighted by Crippen LogP contribution is 2.71. The predicted octanol–water partition coefficient (Wildman–Crippen LogP) is 11.3. The zero-order valence-corrected chi connectivity index (χ0v) is 60.2. The molecule has 2 atom stereocenters. The molecule has 4 aliphatic rings. The van der Waals surface area contributed by atoms with Gasteiger partial charge in [0.2, 0.25) is 0 Å². The molecule has 2 unspecified atom stereocenters. The van der Waals surface area contributed by atoms with E-state index in [1.54, 1.807) is 84.8 Å². The first-order valence-electron chi connectivity index (χ1n) is 31.6. The van der Waals surface area contributed by atoms with Crippen molar-refractivity contribution in [1.82, 2.24) is 19.4 Å². The topological polar surface area (TPSA) is 316 Å². The molecule has 94 heavy (non-hydrogen) atoms. The van der Waals surface area contributed by atoms with Crippen LogP contribution in [0.25, 0.3) is 21.8 Å². The van der Waals surface area contributed by atoms with Crippen LogP contribution in [0.2, 0.25) is 0 Å². The molecule has 2 aliphatic carbocycles. The van der Waals surface area contributed by atoms with Crippen LogP contribution in [0.1, 0.15) is 147 Å². The molecule has 33 heteroatoms. The fourth-order valence-electron chi connectivity index (χ4n) is 10.6. The summed E-state index contributed by atoms with van der Waals surface area (Å²) in [5.74, 6) is -2.28. The second-order valence-corrected chi connectivity index (χ2v) is 30.4. The van der Waals surface area contributed by atoms with Gasteiger partial charge >= 0.3 is 37.1 Å². The molecule has 2 aromatic carbocycles. The first-order chi connectivity index (χ1) is 44.7. The molecule has 1 amide bonds. The third-order valence-electron chi connectivity index (χ3n) is 15.3. The number of rotatable bonds is 31. The lowest BCUT2D eigenvalue weighted by Gasteiger charge is -2.35. The Morgan fingerprint density at radius 1 is 0.606 bits per heavy atom. The number of fused-ring (bicyclic) bond motifs is 2. The average Bonchev–Trinajstić information content (AvgIpc) is 1.40. The molecule has 4 fully saturated rings. The molecule has 4 heterocycles. The molecule has 2 aromatic heterocycles. The largest absolute Gasteiger partial charge is 0.566 e. The molecule has 524 valence electrons. The fraction of sp³-hybridized carbons (Fsp3) is 0.623. The number of Topliss-reactive ketones (excluding diaryl/α,β-unsaturated/α-hetero) is 4. The molecule has 2 saturated carbocycles. The van der Waals surface area contributed by atoms with Crippen LogP contribution >= 0.6 is 47.0 Å². The van der Waals surface area contributed by atoms with Crippen molar-refractivity contribution >= 4 is 109 Å². The van der Waals surface area contributed by atoms with Crippen molar-refractivity contribution in [3.8, 4) is 0 Å². The molecule has 0 bridgehead atoms. The maximum absolute atomic E-state index is 15.3. The number of carbonyl (C=O) groups excluding carboxylic acids is 5. The average molecular weight is 1470 g/mol. The third kappa shape index (κ3) is 21.6. The van der Waals surface area contributed by atoms with Crippen LogP contribution in [0.4, 0.5) is 25.0 Å². The van der Waals surface area contributed by atoms with E-state index in [0.717, 1.165) is 57.4 Å². The van der Waals surface area contributed by atoms with E-state index in [1.165, 1.54) is 30.9 Å². The number of nitrogens with zero attached hydrogens (tertiary/aromatic N) is 5. The number of pyridine rings is 2. The van der Waals surface area contributed by atoms with E-state index >= 15 is 4.39 Å². The number of carbonyl (C=O) groups is 5. The Hall–Kier alpha value is -4.82. The van der Waals surface area contributed by atoms with Crippen molar-refractivity contribution in [3.05, 3.63) is 79.9 Å². The standard InChI is InChI=1S/C29H39FN3O8P.C18H20FN3O2.C12H25BrO7P2.C2H5O3P/c1-5-22(42(38,40-6-2)41-7-3)14-21(35)18-39-29(37)32-12-10-31(11-13-32)27-16-26-23(15-25(27)30)28(36)24(19(4)34)17-33(26)20-8-9-20;1-11(23)14-10-22(12-2-3-12)16-9-17(21-6-4-20-5-7-21)15(19)8-13(16)18(14)24;1-5-17-21(15,18-6-2)12(9-11(14)10-13)22(16,19-7-3)20-8-4;1-2-5-6(3)4/h15-17,20,22H,5-14,18H2,1-4H3;8-10,12,20H,2-7H2,1H3;12H,5-10H2,1-4H3;2H2,1H3. The molecule has 2 saturated heterocycles. The lowest BCUT2D eigenvalue weighted by molar-refractivity contribution is -0.185. The normalized spacial score (nSPS) is 15.7. The number of ketones is 4. The summed E-state index contributed by atoms with van der Waals surface area (Å²) in [4.78, 5) is 101. The summed E-state index contributed by atoms with van der Waals surface area (Å²) in [5.41, 5.74) is 0.858. The van der Waals surface area contributed by atoms with Crippen LogP contribution in [0.5, 0.6) is 0 Å². The first-order valence-corrected chi connectivity index (χ1v) is 38.7. The molecular formula is C61H89BrF2N6O20P4. The van der Waals surface area contributed by atoms with Gasteiger partial charge in [0, 0.05) is 100 Å². The van der Waals surface area contributed by atoms with Crippen LogP contribution in [-0.4, -0.2) is 165 Å². The van der Waals surface area contributed by atoms with Gasteiger partial charge in [-0.05, 0) is 123 Å². The zero-order chi connectivity index (χ0) is 69.7. The molecule has 4 aromatic rings. The number of halogens is 3. The minimum Gasteiger partial charge on any atom is -0.566 e. The zero-order valence-electron chi connectivity index (χ0n) is 55.1. The molecule has 1 N–H and O–H groups in total. The fourth-order valence-corrected chi connectivity index (χ4v) is 18.4. The number of anilines is 2. The second-order valence-electron chi connectivity index (χ2n) is 22.0. The lowest BCUT2D eigenvalue weighted by Crippen LogP contribution is -2.49. The van der Waals surface area contributed by atoms with Gasteiger partial charge in [-0.2, -0.15) is 0 Å². The number of amides is 1. The Bertz CT molecular complexity index is 3520. The number of piperazine rings is 2. The van der Waals surface area contributed by atoms with Crippen LogP contribution in [-0.2, 0) is 64.3 Å². The Morgan fingerprint density at radius 2 is 1.01 bits per heavy atom. The highest BCUT2D eigenvalue weighted by atomic mass is 79.9. The number of nitrogens with one attached hydrogen (secondary N) is 1. The van der Waals surface area contributed by atoms with Gasteiger partial charge in [-0.3, -0.25) is 42.5 Å².